The molecule has 0 aliphatic heterocycles. The van der Waals surface area contributed by atoms with E-state index in [1.165, 1.54) is 0 Å². The number of amides is 1. The standard InChI is InChI=1S/C13H19N5O.2ClH/c1-8-7-10(13(19)18(4)6-5-14-3)11-9(2)16-17-12(11)15-8;;/h7,14H,5-6H2,1-4H3,(H,15,16,17);2*1H. The van der Waals surface area contributed by atoms with E-state index in [9.17, 15) is 4.79 Å². The molecule has 2 rings (SSSR count). The summed E-state index contributed by atoms with van der Waals surface area (Å²) in [4.78, 5) is 18.5. The van der Waals surface area contributed by atoms with Gasteiger partial charge in [-0.3, -0.25) is 9.89 Å². The number of aromatic nitrogens is 3. The van der Waals surface area contributed by atoms with Crippen molar-refractivity contribution >= 4 is 41.8 Å². The van der Waals surface area contributed by atoms with Gasteiger partial charge in [0.2, 0.25) is 0 Å². The van der Waals surface area contributed by atoms with Crippen LogP contribution in [0.3, 0.4) is 0 Å². The molecule has 118 valence electrons. The Labute approximate surface area is 136 Å². The van der Waals surface area contributed by atoms with Crippen LogP contribution in [0.2, 0.25) is 0 Å². The van der Waals surface area contributed by atoms with Crippen LogP contribution in [0.4, 0.5) is 0 Å². The van der Waals surface area contributed by atoms with Gasteiger partial charge in [-0.15, -0.1) is 24.8 Å². The third kappa shape index (κ3) is 4.06. The third-order valence-electron chi connectivity index (χ3n) is 3.11. The second kappa shape index (κ2) is 8.17. The van der Waals surface area contributed by atoms with Crippen LogP contribution in [0, 0.1) is 13.8 Å². The van der Waals surface area contributed by atoms with Crippen LogP contribution < -0.4 is 5.32 Å². The highest BCUT2D eigenvalue weighted by Gasteiger charge is 2.18. The molecule has 0 aromatic carbocycles. The van der Waals surface area contributed by atoms with Crippen molar-refractivity contribution < 1.29 is 4.79 Å². The Morgan fingerprint density at radius 1 is 1.38 bits per heavy atom. The summed E-state index contributed by atoms with van der Waals surface area (Å²) in [6.07, 6.45) is 0. The number of aromatic amines is 1. The van der Waals surface area contributed by atoms with Gasteiger partial charge in [0.1, 0.15) is 0 Å². The van der Waals surface area contributed by atoms with E-state index < -0.39 is 0 Å². The highest BCUT2D eigenvalue weighted by Crippen LogP contribution is 2.21. The van der Waals surface area contributed by atoms with E-state index in [0.29, 0.717) is 17.8 Å². The number of fused-ring (bicyclic) bond motifs is 1. The van der Waals surface area contributed by atoms with E-state index in [4.69, 9.17) is 0 Å². The summed E-state index contributed by atoms with van der Waals surface area (Å²) in [5, 5.41) is 10.9. The first-order valence-electron chi connectivity index (χ1n) is 6.27. The molecule has 0 bridgehead atoms. The lowest BCUT2D eigenvalue weighted by Crippen LogP contribution is -2.33. The highest BCUT2D eigenvalue weighted by molar-refractivity contribution is 6.06. The molecule has 2 aromatic heterocycles. The van der Waals surface area contributed by atoms with Crippen LogP contribution in [0.1, 0.15) is 21.7 Å². The number of aryl methyl sites for hydroxylation is 2. The molecule has 0 radical (unpaired) electrons. The molecule has 0 atom stereocenters. The van der Waals surface area contributed by atoms with E-state index in [0.717, 1.165) is 23.3 Å². The summed E-state index contributed by atoms with van der Waals surface area (Å²) in [7, 11) is 3.67. The molecule has 0 saturated carbocycles. The summed E-state index contributed by atoms with van der Waals surface area (Å²) in [6.45, 7) is 5.19. The molecule has 1 amide bonds. The summed E-state index contributed by atoms with van der Waals surface area (Å²) in [6, 6.07) is 1.82. The van der Waals surface area contributed by atoms with Crippen molar-refractivity contribution in [1.82, 2.24) is 25.4 Å². The van der Waals surface area contributed by atoms with Crippen LogP contribution in [-0.2, 0) is 0 Å². The van der Waals surface area contributed by atoms with Crippen LogP contribution in [0.15, 0.2) is 6.07 Å². The van der Waals surface area contributed by atoms with E-state index in [1.807, 2.05) is 27.0 Å². The number of rotatable bonds is 4. The number of halogens is 2. The lowest BCUT2D eigenvalue weighted by Gasteiger charge is -2.17. The number of likely N-dealkylation sites (N-methyl/N-ethyl adjacent to an activating group) is 2. The fourth-order valence-electron chi connectivity index (χ4n) is 2.06. The van der Waals surface area contributed by atoms with E-state index in [2.05, 4.69) is 20.5 Å². The average Bonchev–Trinajstić information content (AvgIpc) is 2.75. The number of carbonyl (C=O) groups is 1. The number of nitrogens with zero attached hydrogens (tertiary/aromatic N) is 3. The van der Waals surface area contributed by atoms with Gasteiger partial charge in [-0.2, -0.15) is 5.10 Å². The molecular formula is C13H21Cl2N5O. The van der Waals surface area contributed by atoms with E-state index in [1.54, 1.807) is 11.9 Å². The van der Waals surface area contributed by atoms with Gasteiger partial charge in [0, 0.05) is 31.5 Å². The Morgan fingerprint density at radius 2 is 2.05 bits per heavy atom. The molecule has 8 heteroatoms. The second-order valence-corrected chi connectivity index (χ2v) is 4.69. The maximum atomic E-state index is 12.5. The minimum Gasteiger partial charge on any atom is -0.340 e. The molecular weight excluding hydrogens is 313 g/mol. The van der Waals surface area contributed by atoms with Crippen LogP contribution in [0.25, 0.3) is 11.0 Å². The van der Waals surface area contributed by atoms with Crippen LogP contribution >= 0.6 is 24.8 Å². The Bertz CT molecular complexity index is 614. The van der Waals surface area contributed by atoms with Crippen molar-refractivity contribution in [1.29, 1.82) is 0 Å². The van der Waals surface area contributed by atoms with Gasteiger partial charge in [0.15, 0.2) is 5.65 Å². The lowest BCUT2D eigenvalue weighted by atomic mass is 10.1. The summed E-state index contributed by atoms with van der Waals surface area (Å²) in [5.74, 6) is -0.00440. The minimum absolute atomic E-state index is 0. The highest BCUT2D eigenvalue weighted by atomic mass is 35.5. The van der Waals surface area contributed by atoms with E-state index >= 15 is 0 Å². The number of H-pyrrole nitrogens is 1. The molecule has 2 heterocycles. The quantitative estimate of drug-likeness (QED) is 0.893. The number of hydrogen-bond donors (Lipinski definition) is 2. The average molecular weight is 334 g/mol. The Kier molecular flexibility index (Phi) is 7.63. The fourth-order valence-corrected chi connectivity index (χ4v) is 2.06. The number of hydrogen-bond acceptors (Lipinski definition) is 4. The largest absolute Gasteiger partial charge is 0.340 e. The molecule has 0 saturated heterocycles. The van der Waals surface area contributed by atoms with Gasteiger partial charge in [-0.1, -0.05) is 0 Å². The Balaban J connectivity index is 0.00000200. The van der Waals surface area contributed by atoms with Crippen molar-refractivity contribution in [3.05, 3.63) is 23.0 Å². The predicted octanol–water partition coefficient (Wildman–Crippen LogP) is 1.71. The van der Waals surface area contributed by atoms with Crippen molar-refractivity contribution in [2.45, 2.75) is 13.8 Å². The van der Waals surface area contributed by atoms with Crippen molar-refractivity contribution in [2.24, 2.45) is 0 Å². The maximum Gasteiger partial charge on any atom is 0.254 e. The van der Waals surface area contributed by atoms with Crippen LogP contribution in [-0.4, -0.2) is 53.2 Å². The van der Waals surface area contributed by atoms with Crippen molar-refractivity contribution in [3.63, 3.8) is 0 Å². The smallest absolute Gasteiger partial charge is 0.254 e. The molecule has 6 nitrogen and oxygen atoms in total. The zero-order valence-electron chi connectivity index (χ0n) is 12.6. The van der Waals surface area contributed by atoms with Gasteiger partial charge in [-0.25, -0.2) is 4.98 Å². The molecule has 0 fully saturated rings. The molecule has 0 aliphatic rings. The zero-order valence-corrected chi connectivity index (χ0v) is 14.2. The van der Waals surface area contributed by atoms with Gasteiger partial charge < -0.3 is 10.2 Å². The van der Waals surface area contributed by atoms with Crippen molar-refractivity contribution in [3.8, 4) is 0 Å². The Morgan fingerprint density at radius 3 is 2.67 bits per heavy atom. The topological polar surface area (TPSA) is 73.9 Å². The normalized spacial score (nSPS) is 9.90. The fraction of sp³-hybridized carbons (Fsp3) is 0.462. The first kappa shape index (κ1) is 19.6. The molecule has 21 heavy (non-hydrogen) atoms. The molecule has 2 N–H and O–H groups in total. The number of pyridine rings is 1. The van der Waals surface area contributed by atoms with Gasteiger partial charge in [-0.05, 0) is 27.0 Å². The third-order valence-corrected chi connectivity index (χ3v) is 3.11. The van der Waals surface area contributed by atoms with Crippen molar-refractivity contribution in [2.75, 3.05) is 27.2 Å². The van der Waals surface area contributed by atoms with E-state index in [-0.39, 0.29) is 30.7 Å². The van der Waals surface area contributed by atoms with Gasteiger partial charge in [0.05, 0.1) is 10.9 Å². The zero-order chi connectivity index (χ0) is 14.0. The first-order chi connectivity index (χ1) is 9.04. The maximum absolute atomic E-state index is 12.5. The SMILES string of the molecule is CNCCN(C)C(=O)c1cc(C)nc2n[nH]c(C)c12.Cl.Cl. The predicted molar refractivity (Wildman–Crippen MR) is 88.7 cm³/mol. The second-order valence-electron chi connectivity index (χ2n) is 4.69. The minimum atomic E-state index is -0.00440. The van der Waals surface area contributed by atoms with Crippen LogP contribution in [0.5, 0.6) is 0 Å². The number of nitrogens with one attached hydrogen (secondary N) is 2. The Hall–Kier alpha value is -1.37. The molecule has 0 spiro atoms. The number of carbonyl (C=O) groups excluding carboxylic acids is 1. The summed E-state index contributed by atoms with van der Waals surface area (Å²) in [5.41, 5.74) is 2.92. The monoisotopic (exact) mass is 333 g/mol. The van der Waals surface area contributed by atoms with Gasteiger partial charge in [0.25, 0.3) is 5.91 Å². The van der Waals surface area contributed by atoms with Gasteiger partial charge >= 0.3 is 0 Å². The molecule has 0 unspecified atom stereocenters. The lowest BCUT2D eigenvalue weighted by molar-refractivity contribution is 0.0798. The molecule has 0 aliphatic carbocycles. The molecule has 2 aromatic rings. The first-order valence-corrected chi connectivity index (χ1v) is 6.27. The summed E-state index contributed by atoms with van der Waals surface area (Å²) >= 11 is 0. The summed E-state index contributed by atoms with van der Waals surface area (Å²) < 4.78 is 0.